The summed E-state index contributed by atoms with van der Waals surface area (Å²) >= 11 is 0. The number of methoxy groups -OCH3 is 1. The van der Waals surface area contributed by atoms with Crippen molar-refractivity contribution >= 4 is 11.9 Å². The Morgan fingerprint density at radius 3 is 2.86 bits per heavy atom. The van der Waals surface area contributed by atoms with E-state index in [4.69, 9.17) is 9.47 Å². The summed E-state index contributed by atoms with van der Waals surface area (Å²) < 4.78 is 11.4. The average molecular weight is 298 g/mol. The number of aromatic nitrogens is 2. The van der Waals surface area contributed by atoms with Crippen LogP contribution in [0, 0.1) is 0 Å². The van der Waals surface area contributed by atoms with Gasteiger partial charge in [0.2, 0.25) is 5.91 Å². The lowest BCUT2D eigenvalue weighted by Gasteiger charge is -2.08. The second-order valence-corrected chi connectivity index (χ2v) is 4.30. The van der Waals surface area contributed by atoms with E-state index in [-0.39, 0.29) is 12.5 Å². The number of carbonyl (C=O) groups excluding carboxylic acids is 2. The minimum atomic E-state index is -0.410. The minimum Gasteiger partial charge on any atom is -0.462 e. The Bertz CT molecular complexity index is 473. The third kappa shape index (κ3) is 5.52. The van der Waals surface area contributed by atoms with Crippen molar-refractivity contribution in [1.29, 1.82) is 0 Å². The molecule has 1 aromatic rings. The number of hydrogen-bond acceptors (Lipinski definition) is 6. The standard InChI is InChI=1S/C13H22N4O4/c1-4-21-13(19)10-7-16-17(2)11(10)8-14-9-12(18)15-5-6-20-3/h7,14H,4-6,8-9H2,1-3H3,(H,15,18). The van der Waals surface area contributed by atoms with Gasteiger partial charge in [-0.3, -0.25) is 9.48 Å². The number of esters is 1. The monoisotopic (exact) mass is 298 g/mol. The summed E-state index contributed by atoms with van der Waals surface area (Å²) in [5, 5.41) is 9.70. The third-order valence-electron chi connectivity index (χ3n) is 2.76. The Hall–Kier alpha value is -1.93. The zero-order valence-corrected chi connectivity index (χ0v) is 12.6. The van der Waals surface area contributed by atoms with Crippen LogP contribution in [0.15, 0.2) is 6.20 Å². The Labute approximate surface area is 123 Å². The van der Waals surface area contributed by atoms with E-state index in [1.807, 2.05) is 0 Å². The fourth-order valence-corrected chi connectivity index (χ4v) is 1.70. The molecule has 0 bridgehead atoms. The van der Waals surface area contributed by atoms with Crippen molar-refractivity contribution in [3.05, 3.63) is 17.5 Å². The number of amides is 1. The summed E-state index contributed by atoms with van der Waals surface area (Å²) in [4.78, 5) is 23.3. The highest BCUT2D eigenvalue weighted by molar-refractivity contribution is 5.90. The predicted octanol–water partition coefficient (Wildman–Crippen LogP) is -0.551. The second kappa shape index (κ2) is 9.09. The van der Waals surface area contributed by atoms with Gasteiger partial charge in [-0.15, -0.1) is 0 Å². The minimum absolute atomic E-state index is 0.132. The maximum atomic E-state index is 11.8. The molecule has 21 heavy (non-hydrogen) atoms. The van der Waals surface area contributed by atoms with E-state index in [0.717, 1.165) is 0 Å². The molecule has 0 unspecified atom stereocenters. The molecule has 1 heterocycles. The van der Waals surface area contributed by atoms with Crippen LogP contribution in [0.25, 0.3) is 0 Å². The highest BCUT2D eigenvalue weighted by atomic mass is 16.5. The fourth-order valence-electron chi connectivity index (χ4n) is 1.70. The van der Waals surface area contributed by atoms with Crippen molar-refractivity contribution in [2.45, 2.75) is 13.5 Å². The van der Waals surface area contributed by atoms with Crippen LogP contribution in [0.5, 0.6) is 0 Å². The average Bonchev–Trinajstić information content (AvgIpc) is 2.81. The Kier molecular flexibility index (Phi) is 7.41. The van der Waals surface area contributed by atoms with Crippen LogP contribution in [0.2, 0.25) is 0 Å². The maximum Gasteiger partial charge on any atom is 0.341 e. The topological polar surface area (TPSA) is 94.5 Å². The van der Waals surface area contributed by atoms with E-state index in [2.05, 4.69) is 15.7 Å². The summed E-state index contributed by atoms with van der Waals surface area (Å²) in [5.74, 6) is -0.543. The van der Waals surface area contributed by atoms with Crippen LogP contribution < -0.4 is 10.6 Å². The third-order valence-corrected chi connectivity index (χ3v) is 2.76. The largest absolute Gasteiger partial charge is 0.462 e. The highest BCUT2D eigenvalue weighted by Crippen LogP contribution is 2.08. The van der Waals surface area contributed by atoms with Gasteiger partial charge in [0.15, 0.2) is 0 Å². The molecule has 0 fully saturated rings. The van der Waals surface area contributed by atoms with Crippen molar-refractivity contribution in [3.8, 4) is 0 Å². The maximum absolute atomic E-state index is 11.8. The van der Waals surface area contributed by atoms with Crippen molar-refractivity contribution in [1.82, 2.24) is 20.4 Å². The van der Waals surface area contributed by atoms with E-state index in [9.17, 15) is 9.59 Å². The Morgan fingerprint density at radius 2 is 2.19 bits per heavy atom. The summed E-state index contributed by atoms with van der Waals surface area (Å²) in [6.07, 6.45) is 1.47. The number of aryl methyl sites for hydroxylation is 1. The molecule has 1 amide bonds. The summed E-state index contributed by atoms with van der Waals surface area (Å²) in [6, 6.07) is 0. The van der Waals surface area contributed by atoms with Crippen molar-refractivity contribution in [3.63, 3.8) is 0 Å². The lowest BCUT2D eigenvalue weighted by molar-refractivity contribution is -0.120. The van der Waals surface area contributed by atoms with Crippen LogP contribution >= 0.6 is 0 Å². The van der Waals surface area contributed by atoms with E-state index < -0.39 is 5.97 Å². The first-order chi connectivity index (χ1) is 10.1. The van der Waals surface area contributed by atoms with Gasteiger partial charge in [-0.1, -0.05) is 0 Å². The van der Waals surface area contributed by atoms with E-state index in [1.165, 1.54) is 6.20 Å². The number of carbonyl (C=O) groups is 2. The molecule has 8 nitrogen and oxygen atoms in total. The van der Waals surface area contributed by atoms with Gasteiger partial charge in [-0.25, -0.2) is 4.79 Å². The molecule has 0 aromatic carbocycles. The number of rotatable bonds is 9. The van der Waals surface area contributed by atoms with Gasteiger partial charge >= 0.3 is 5.97 Å². The SMILES string of the molecule is CCOC(=O)c1cnn(C)c1CNCC(=O)NCCOC. The summed E-state index contributed by atoms with van der Waals surface area (Å²) in [6.45, 7) is 3.50. The number of nitrogens with zero attached hydrogens (tertiary/aromatic N) is 2. The highest BCUT2D eigenvalue weighted by Gasteiger charge is 2.16. The van der Waals surface area contributed by atoms with Crippen LogP contribution in [-0.4, -0.2) is 55.1 Å². The van der Waals surface area contributed by atoms with E-state index in [1.54, 1.807) is 25.8 Å². The molecule has 0 aliphatic heterocycles. The van der Waals surface area contributed by atoms with Crippen LogP contribution in [0.4, 0.5) is 0 Å². The zero-order chi connectivity index (χ0) is 15.7. The van der Waals surface area contributed by atoms with Gasteiger partial charge < -0.3 is 20.1 Å². The molecule has 1 aromatic heterocycles. The number of ether oxygens (including phenoxy) is 2. The normalized spacial score (nSPS) is 10.4. The molecule has 2 N–H and O–H groups in total. The summed E-state index contributed by atoms with van der Waals surface area (Å²) in [5.41, 5.74) is 1.09. The van der Waals surface area contributed by atoms with Gasteiger partial charge in [0.25, 0.3) is 0 Å². The molecule has 0 aliphatic carbocycles. The van der Waals surface area contributed by atoms with Crippen LogP contribution in [-0.2, 0) is 27.9 Å². The van der Waals surface area contributed by atoms with Crippen molar-refractivity contribution in [2.75, 3.05) is 33.4 Å². The van der Waals surface area contributed by atoms with Gasteiger partial charge in [-0.2, -0.15) is 5.10 Å². The Morgan fingerprint density at radius 1 is 1.43 bits per heavy atom. The molecule has 0 saturated heterocycles. The van der Waals surface area contributed by atoms with E-state index in [0.29, 0.717) is 37.6 Å². The number of nitrogens with one attached hydrogen (secondary N) is 2. The molecule has 0 aliphatic rings. The molecule has 118 valence electrons. The second-order valence-electron chi connectivity index (χ2n) is 4.30. The van der Waals surface area contributed by atoms with Crippen molar-refractivity contribution < 1.29 is 19.1 Å². The predicted molar refractivity (Wildman–Crippen MR) is 75.8 cm³/mol. The first-order valence-electron chi connectivity index (χ1n) is 6.74. The molecule has 0 atom stereocenters. The van der Waals surface area contributed by atoms with E-state index >= 15 is 0 Å². The smallest absolute Gasteiger partial charge is 0.341 e. The molecular formula is C13H22N4O4. The molecule has 0 saturated carbocycles. The lowest BCUT2D eigenvalue weighted by Crippen LogP contribution is -2.35. The Balaban J connectivity index is 2.46. The van der Waals surface area contributed by atoms with Crippen molar-refractivity contribution in [2.24, 2.45) is 7.05 Å². The quantitative estimate of drug-likeness (QED) is 0.469. The zero-order valence-electron chi connectivity index (χ0n) is 12.6. The van der Waals surface area contributed by atoms with Gasteiger partial charge in [0.1, 0.15) is 5.56 Å². The molecule has 1 rings (SSSR count). The van der Waals surface area contributed by atoms with Gasteiger partial charge in [0.05, 0.1) is 31.6 Å². The first kappa shape index (κ1) is 17.1. The van der Waals surface area contributed by atoms with Crippen LogP contribution in [0.3, 0.4) is 0 Å². The summed E-state index contributed by atoms with van der Waals surface area (Å²) in [7, 11) is 3.31. The van der Waals surface area contributed by atoms with Crippen LogP contribution in [0.1, 0.15) is 23.0 Å². The molecule has 0 radical (unpaired) electrons. The lowest BCUT2D eigenvalue weighted by atomic mass is 10.2. The molecular weight excluding hydrogens is 276 g/mol. The fraction of sp³-hybridized carbons (Fsp3) is 0.615. The first-order valence-corrected chi connectivity index (χ1v) is 6.74. The molecule has 0 spiro atoms. The molecule has 8 heteroatoms. The number of hydrogen-bond donors (Lipinski definition) is 2. The van der Waals surface area contributed by atoms with Gasteiger partial charge in [0, 0.05) is 27.2 Å². The van der Waals surface area contributed by atoms with Gasteiger partial charge in [-0.05, 0) is 6.92 Å².